The fourth-order valence-corrected chi connectivity index (χ4v) is 2.28. The summed E-state index contributed by atoms with van der Waals surface area (Å²) in [6.45, 7) is 2.57. The molecule has 0 bridgehead atoms. The van der Waals surface area contributed by atoms with Crippen molar-refractivity contribution in [3.8, 4) is 0 Å². The summed E-state index contributed by atoms with van der Waals surface area (Å²) in [6.07, 6.45) is -0.963. The molecular formula is C13H15BrN2O4. The molecule has 0 aromatic heterocycles. The molecule has 1 unspecified atom stereocenters. The fourth-order valence-electron chi connectivity index (χ4n) is 1.92. The lowest BCUT2D eigenvalue weighted by molar-refractivity contribution is -0.154. The number of amides is 2. The highest BCUT2D eigenvalue weighted by molar-refractivity contribution is 9.10. The van der Waals surface area contributed by atoms with Gasteiger partial charge in [0.15, 0.2) is 6.10 Å². The van der Waals surface area contributed by atoms with Crippen LogP contribution in [-0.4, -0.2) is 47.8 Å². The predicted molar refractivity (Wildman–Crippen MR) is 76.8 cm³/mol. The zero-order valence-corrected chi connectivity index (χ0v) is 12.5. The minimum atomic E-state index is -1.06. The summed E-state index contributed by atoms with van der Waals surface area (Å²) in [4.78, 5) is 24.5. The van der Waals surface area contributed by atoms with Gasteiger partial charge in [-0.05, 0) is 34.5 Å². The van der Waals surface area contributed by atoms with Crippen LogP contribution in [0.1, 0.15) is 5.56 Å². The van der Waals surface area contributed by atoms with Gasteiger partial charge >= 0.3 is 12.0 Å². The molecule has 7 heteroatoms. The number of hydrogen-bond donors (Lipinski definition) is 2. The van der Waals surface area contributed by atoms with Crippen LogP contribution >= 0.6 is 15.9 Å². The van der Waals surface area contributed by atoms with Gasteiger partial charge in [0.1, 0.15) is 0 Å². The molecule has 2 N–H and O–H groups in total. The molecule has 1 atom stereocenters. The number of halogens is 1. The van der Waals surface area contributed by atoms with Crippen LogP contribution < -0.4 is 5.32 Å². The quantitative estimate of drug-likeness (QED) is 0.862. The Balaban J connectivity index is 2.04. The molecule has 108 valence electrons. The molecule has 0 radical (unpaired) electrons. The highest BCUT2D eigenvalue weighted by Crippen LogP contribution is 2.26. The highest BCUT2D eigenvalue weighted by Gasteiger charge is 2.29. The number of ether oxygens (including phenoxy) is 1. The maximum atomic E-state index is 12.1. The molecule has 1 aromatic rings. The number of rotatable bonds is 2. The summed E-state index contributed by atoms with van der Waals surface area (Å²) in [6, 6.07) is 5.22. The van der Waals surface area contributed by atoms with Crippen molar-refractivity contribution in [1.82, 2.24) is 4.90 Å². The number of aliphatic carboxylic acids is 1. The lowest BCUT2D eigenvalue weighted by atomic mass is 10.2. The molecule has 1 heterocycles. The minimum absolute atomic E-state index is 0.0462. The van der Waals surface area contributed by atoms with E-state index in [1.807, 2.05) is 19.1 Å². The van der Waals surface area contributed by atoms with Crippen LogP contribution in [0.4, 0.5) is 10.5 Å². The number of carboxylic acid groups (broad SMARTS) is 1. The van der Waals surface area contributed by atoms with Crippen LogP contribution in [-0.2, 0) is 9.53 Å². The Kier molecular flexibility index (Phi) is 4.61. The fraction of sp³-hybridized carbons (Fsp3) is 0.385. The Morgan fingerprint density at radius 3 is 2.95 bits per heavy atom. The SMILES string of the molecule is Cc1cccc(NC(=O)N2CCOC(C(=O)O)C2)c1Br. The van der Waals surface area contributed by atoms with Crippen LogP contribution in [0.3, 0.4) is 0 Å². The number of aryl methyl sites for hydroxylation is 1. The number of morpholine rings is 1. The third-order valence-corrected chi connectivity index (χ3v) is 4.12. The number of carbonyl (C=O) groups excluding carboxylic acids is 1. The summed E-state index contributed by atoms with van der Waals surface area (Å²) in [5.74, 6) is -1.06. The van der Waals surface area contributed by atoms with E-state index >= 15 is 0 Å². The lowest BCUT2D eigenvalue weighted by Crippen LogP contribution is -2.49. The third kappa shape index (κ3) is 3.29. The van der Waals surface area contributed by atoms with E-state index in [9.17, 15) is 9.59 Å². The molecule has 0 saturated carbocycles. The van der Waals surface area contributed by atoms with Crippen molar-refractivity contribution in [3.63, 3.8) is 0 Å². The van der Waals surface area contributed by atoms with Crippen molar-refractivity contribution in [2.24, 2.45) is 0 Å². The smallest absolute Gasteiger partial charge is 0.334 e. The van der Waals surface area contributed by atoms with E-state index in [-0.39, 0.29) is 19.2 Å². The van der Waals surface area contributed by atoms with Crippen LogP contribution in [0.25, 0.3) is 0 Å². The number of benzene rings is 1. The number of carboxylic acids is 1. The van der Waals surface area contributed by atoms with Crippen molar-refractivity contribution >= 4 is 33.6 Å². The molecule has 0 spiro atoms. The largest absolute Gasteiger partial charge is 0.479 e. The van der Waals surface area contributed by atoms with Gasteiger partial charge in [-0.15, -0.1) is 0 Å². The molecule has 6 nitrogen and oxygen atoms in total. The second kappa shape index (κ2) is 6.23. The van der Waals surface area contributed by atoms with E-state index in [4.69, 9.17) is 9.84 Å². The summed E-state index contributed by atoms with van der Waals surface area (Å²) < 4.78 is 5.90. The second-order valence-electron chi connectivity index (χ2n) is 4.51. The first kappa shape index (κ1) is 14.8. The first-order chi connectivity index (χ1) is 9.49. The minimum Gasteiger partial charge on any atom is -0.479 e. The first-order valence-electron chi connectivity index (χ1n) is 6.14. The van der Waals surface area contributed by atoms with E-state index in [1.165, 1.54) is 4.90 Å². The van der Waals surface area contributed by atoms with Gasteiger partial charge in [-0.3, -0.25) is 0 Å². The van der Waals surface area contributed by atoms with Crippen LogP contribution in [0, 0.1) is 6.92 Å². The molecule has 2 amide bonds. The van der Waals surface area contributed by atoms with Crippen molar-refractivity contribution in [2.75, 3.05) is 25.0 Å². The number of urea groups is 1. The van der Waals surface area contributed by atoms with Crippen molar-refractivity contribution in [2.45, 2.75) is 13.0 Å². The van der Waals surface area contributed by atoms with Gasteiger partial charge in [-0.2, -0.15) is 0 Å². The van der Waals surface area contributed by atoms with Crippen molar-refractivity contribution in [3.05, 3.63) is 28.2 Å². The van der Waals surface area contributed by atoms with Gasteiger partial charge in [-0.25, -0.2) is 9.59 Å². The van der Waals surface area contributed by atoms with E-state index < -0.39 is 12.1 Å². The van der Waals surface area contributed by atoms with Crippen molar-refractivity contribution < 1.29 is 19.4 Å². The zero-order chi connectivity index (χ0) is 14.7. The summed E-state index contributed by atoms with van der Waals surface area (Å²) >= 11 is 3.42. The Morgan fingerprint density at radius 2 is 2.25 bits per heavy atom. The molecule has 1 aliphatic rings. The lowest BCUT2D eigenvalue weighted by Gasteiger charge is -2.31. The van der Waals surface area contributed by atoms with Crippen LogP contribution in [0.15, 0.2) is 22.7 Å². The topological polar surface area (TPSA) is 78.9 Å². The number of anilines is 1. The highest BCUT2D eigenvalue weighted by atomic mass is 79.9. The Bertz CT molecular complexity index is 535. The molecular weight excluding hydrogens is 328 g/mol. The van der Waals surface area contributed by atoms with Gasteiger partial charge < -0.3 is 20.1 Å². The molecule has 1 fully saturated rings. The Morgan fingerprint density at radius 1 is 1.50 bits per heavy atom. The summed E-state index contributed by atoms with van der Waals surface area (Å²) in [7, 11) is 0. The van der Waals surface area contributed by atoms with Crippen LogP contribution in [0.5, 0.6) is 0 Å². The van der Waals surface area contributed by atoms with E-state index in [0.717, 1.165) is 10.0 Å². The van der Waals surface area contributed by atoms with Gasteiger partial charge in [0.25, 0.3) is 0 Å². The van der Waals surface area contributed by atoms with Crippen molar-refractivity contribution in [1.29, 1.82) is 0 Å². The maximum Gasteiger partial charge on any atom is 0.334 e. The van der Waals surface area contributed by atoms with E-state index in [2.05, 4.69) is 21.2 Å². The monoisotopic (exact) mass is 342 g/mol. The molecule has 0 aliphatic carbocycles. The predicted octanol–water partition coefficient (Wildman–Crippen LogP) is 2.07. The van der Waals surface area contributed by atoms with Gasteiger partial charge in [0.05, 0.1) is 18.8 Å². The molecule has 1 aromatic carbocycles. The van der Waals surface area contributed by atoms with Gasteiger partial charge in [-0.1, -0.05) is 12.1 Å². The van der Waals surface area contributed by atoms with E-state index in [0.29, 0.717) is 12.2 Å². The zero-order valence-electron chi connectivity index (χ0n) is 10.9. The second-order valence-corrected chi connectivity index (χ2v) is 5.30. The standard InChI is InChI=1S/C13H15BrN2O4/c1-8-3-2-4-9(11(8)14)15-13(19)16-5-6-20-10(7-16)12(17)18/h2-4,10H,5-7H2,1H3,(H,15,19)(H,17,18). The maximum absolute atomic E-state index is 12.1. The number of nitrogens with zero attached hydrogens (tertiary/aromatic N) is 1. The Hall–Kier alpha value is -1.60. The summed E-state index contributed by atoms with van der Waals surface area (Å²) in [5, 5.41) is 11.7. The third-order valence-electron chi connectivity index (χ3n) is 3.06. The number of carbonyl (C=O) groups is 2. The summed E-state index contributed by atoms with van der Waals surface area (Å²) in [5.41, 5.74) is 1.67. The average Bonchev–Trinajstić information content (AvgIpc) is 2.44. The van der Waals surface area contributed by atoms with Gasteiger partial charge in [0, 0.05) is 11.0 Å². The Labute approximate surface area is 124 Å². The molecule has 20 heavy (non-hydrogen) atoms. The molecule has 2 rings (SSSR count). The molecule has 1 saturated heterocycles. The number of nitrogens with one attached hydrogen (secondary N) is 1. The van der Waals surface area contributed by atoms with E-state index in [1.54, 1.807) is 6.07 Å². The molecule has 1 aliphatic heterocycles. The number of hydrogen-bond acceptors (Lipinski definition) is 3. The van der Waals surface area contributed by atoms with Gasteiger partial charge in [0.2, 0.25) is 0 Å². The first-order valence-corrected chi connectivity index (χ1v) is 6.94. The van der Waals surface area contributed by atoms with Crippen LogP contribution in [0.2, 0.25) is 0 Å². The average molecular weight is 343 g/mol. The normalized spacial score (nSPS) is 18.7.